The maximum absolute atomic E-state index is 12.9. The molecule has 3 aromatic rings. The van der Waals surface area contributed by atoms with Crippen LogP contribution in [-0.2, 0) is 17.8 Å². The summed E-state index contributed by atoms with van der Waals surface area (Å²) in [4.78, 5) is 27.1. The molecule has 0 N–H and O–H groups in total. The number of carbonyl (C=O) groups is 2. The Balaban J connectivity index is 1.44. The molecular weight excluding hydrogens is 526 g/mol. The minimum absolute atomic E-state index is 0.240. The van der Waals surface area contributed by atoms with Crippen LogP contribution in [0.25, 0.3) is 6.08 Å². The quantitative estimate of drug-likeness (QED) is 0.267. The second kappa shape index (κ2) is 11.6. The van der Waals surface area contributed by atoms with Crippen LogP contribution >= 0.6 is 27.7 Å². The van der Waals surface area contributed by atoms with Crippen LogP contribution in [0.5, 0.6) is 11.5 Å². The van der Waals surface area contributed by atoms with E-state index in [1.165, 1.54) is 16.0 Å². The van der Waals surface area contributed by atoms with E-state index in [9.17, 15) is 9.59 Å². The Morgan fingerprint density at radius 1 is 0.971 bits per heavy atom. The molecule has 0 bridgehead atoms. The fourth-order valence-corrected chi connectivity index (χ4v) is 4.99. The lowest BCUT2D eigenvalue weighted by Gasteiger charge is -2.13. The smallest absolute Gasteiger partial charge is 0.293 e. The molecule has 0 aromatic heterocycles. The first-order chi connectivity index (χ1) is 16.9. The van der Waals surface area contributed by atoms with E-state index in [0.29, 0.717) is 29.6 Å². The van der Waals surface area contributed by atoms with Gasteiger partial charge in [-0.2, -0.15) is 0 Å². The summed E-state index contributed by atoms with van der Waals surface area (Å²) < 4.78 is 12.3. The van der Waals surface area contributed by atoms with Gasteiger partial charge in [0.25, 0.3) is 11.1 Å². The predicted molar refractivity (Wildman–Crippen MR) is 144 cm³/mol. The number of rotatable bonds is 9. The van der Waals surface area contributed by atoms with Gasteiger partial charge in [0.05, 0.1) is 12.0 Å². The molecule has 1 heterocycles. The van der Waals surface area contributed by atoms with Gasteiger partial charge in [0.1, 0.15) is 6.61 Å². The molecule has 1 aliphatic rings. The molecule has 0 spiro atoms. The molecule has 180 valence electrons. The molecule has 4 rings (SSSR count). The lowest BCUT2D eigenvalue weighted by Crippen LogP contribution is -2.29. The van der Waals surface area contributed by atoms with Gasteiger partial charge in [-0.15, -0.1) is 0 Å². The summed E-state index contributed by atoms with van der Waals surface area (Å²) in [6.07, 6.45) is 3.26. The molecule has 0 saturated carbocycles. The molecule has 1 saturated heterocycles. The lowest BCUT2D eigenvalue weighted by molar-refractivity contribution is -0.122. The van der Waals surface area contributed by atoms with Gasteiger partial charge in [-0.1, -0.05) is 76.1 Å². The van der Waals surface area contributed by atoms with Crippen LogP contribution in [0.1, 0.15) is 28.7 Å². The highest BCUT2D eigenvalue weighted by Crippen LogP contribution is 2.38. The monoisotopic (exact) mass is 551 g/mol. The Morgan fingerprint density at radius 3 is 2.43 bits per heavy atom. The van der Waals surface area contributed by atoms with Crippen LogP contribution in [0.4, 0.5) is 4.79 Å². The molecule has 0 radical (unpaired) electrons. The van der Waals surface area contributed by atoms with Gasteiger partial charge in [-0.05, 0) is 66.4 Å². The standard InChI is InChI=1S/C28H26BrNO4S/c1-19-10-12-21(13-11-19)18-34-25-17-23(29)22(15-24(25)33-2)16-26-27(31)30(28(32)35-26)14-6-9-20-7-4-3-5-8-20/h3-5,7-8,10-13,15-17H,6,9,14,18H2,1-2H3/b26-16+. The molecule has 3 aromatic carbocycles. The summed E-state index contributed by atoms with van der Waals surface area (Å²) in [5, 5.41) is -0.240. The predicted octanol–water partition coefficient (Wildman–Crippen LogP) is 7.01. The molecule has 0 aliphatic carbocycles. The number of nitrogens with zero attached hydrogens (tertiary/aromatic N) is 1. The fraction of sp³-hybridized carbons (Fsp3) is 0.214. The summed E-state index contributed by atoms with van der Waals surface area (Å²) in [6, 6.07) is 21.8. The van der Waals surface area contributed by atoms with Crippen molar-refractivity contribution in [1.82, 2.24) is 4.90 Å². The van der Waals surface area contributed by atoms with E-state index in [1.807, 2.05) is 67.6 Å². The van der Waals surface area contributed by atoms with Crippen LogP contribution in [0.15, 0.2) is 76.1 Å². The Morgan fingerprint density at radius 2 is 1.71 bits per heavy atom. The maximum atomic E-state index is 12.9. The molecular formula is C28H26BrNO4S. The number of methoxy groups -OCH3 is 1. The molecule has 0 unspecified atom stereocenters. The summed E-state index contributed by atoms with van der Waals surface area (Å²) >= 11 is 4.54. The van der Waals surface area contributed by atoms with Gasteiger partial charge in [-0.3, -0.25) is 14.5 Å². The third-order valence-corrected chi connectivity index (χ3v) is 7.24. The van der Waals surface area contributed by atoms with Crippen molar-refractivity contribution in [2.24, 2.45) is 0 Å². The van der Waals surface area contributed by atoms with E-state index < -0.39 is 0 Å². The zero-order chi connectivity index (χ0) is 24.8. The molecule has 1 aliphatic heterocycles. The Bertz CT molecular complexity index is 1240. The second-order valence-corrected chi connectivity index (χ2v) is 10.1. The number of carbonyl (C=O) groups excluding carboxylic acids is 2. The third kappa shape index (κ3) is 6.35. The number of thioether (sulfide) groups is 1. The van der Waals surface area contributed by atoms with Crippen molar-refractivity contribution < 1.29 is 19.1 Å². The minimum atomic E-state index is -0.265. The third-order valence-electron chi connectivity index (χ3n) is 5.65. The highest BCUT2D eigenvalue weighted by molar-refractivity contribution is 9.10. The largest absolute Gasteiger partial charge is 0.493 e. The number of imide groups is 1. The normalized spacial score (nSPS) is 14.6. The van der Waals surface area contributed by atoms with Gasteiger partial charge in [0.2, 0.25) is 0 Å². The van der Waals surface area contributed by atoms with Crippen molar-refractivity contribution in [2.45, 2.75) is 26.4 Å². The first kappa shape index (κ1) is 25.1. The number of aryl methyl sites for hydroxylation is 2. The van der Waals surface area contributed by atoms with E-state index in [-0.39, 0.29) is 11.1 Å². The van der Waals surface area contributed by atoms with Crippen molar-refractivity contribution >= 4 is 44.9 Å². The first-order valence-corrected chi connectivity index (χ1v) is 12.9. The van der Waals surface area contributed by atoms with Crippen LogP contribution in [-0.4, -0.2) is 29.7 Å². The second-order valence-electron chi connectivity index (χ2n) is 8.22. The molecule has 7 heteroatoms. The van der Waals surface area contributed by atoms with E-state index in [2.05, 4.69) is 15.9 Å². The van der Waals surface area contributed by atoms with Crippen molar-refractivity contribution in [3.8, 4) is 11.5 Å². The number of hydrogen-bond acceptors (Lipinski definition) is 5. The molecule has 35 heavy (non-hydrogen) atoms. The average molecular weight is 552 g/mol. The first-order valence-electron chi connectivity index (χ1n) is 11.3. The Kier molecular flexibility index (Phi) is 8.31. The van der Waals surface area contributed by atoms with E-state index in [0.717, 1.165) is 40.2 Å². The van der Waals surface area contributed by atoms with Gasteiger partial charge in [-0.25, -0.2) is 0 Å². The maximum Gasteiger partial charge on any atom is 0.293 e. The van der Waals surface area contributed by atoms with Gasteiger partial charge in [0, 0.05) is 11.0 Å². The number of benzene rings is 3. The van der Waals surface area contributed by atoms with Gasteiger partial charge >= 0.3 is 0 Å². The minimum Gasteiger partial charge on any atom is -0.493 e. The van der Waals surface area contributed by atoms with E-state index in [4.69, 9.17) is 9.47 Å². The number of amides is 2. The Hall–Kier alpha value is -3.03. The van der Waals surface area contributed by atoms with Gasteiger partial charge < -0.3 is 9.47 Å². The number of hydrogen-bond donors (Lipinski definition) is 0. The highest BCUT2D eigenvalue weighted by Gasteiger charge is 2.34. The van der Waals surface area contributed by atoms with Crippen molar-refractivity contribution in [2.75, 3.05) is 13.7 Å². The summed E-state index contributed by atoms with van der Waals surface area (Å²) in [5.74, 6) is 0.874. The topological polar surface area (TPSA) is 55.8 Å². The van der Waals surface area contributed by atoms with Crippen molar-refractivity contribution in [3.63, 3.8) is 0 Å². The zero-order valence-electron chi connectivity index (χ0n) is 19.6. The van der Waals surface area contributed by atoms with E-state index >= 15 is 0 Å². The van der Waals surface area contributed by atoms with Crippen molar-refractivity contribution in [1.29, 1.82) is 0 Å². The Labute approximate surface area is 218 Å². The average Bonchev–Trinajstić information content (AvgIpc) is 3.13. The van der Waals surface area contributed by atoms with Crippen LogP contribution in [0, 0.1) is 6.92 Å². The summed E-state index contributed by atoms with van der Waals surface area (Å²) in [6.45, 7) is 2.85. The summed E-state index contributed by atoms with van der Waals surface area (Å²) in [5.41, 5.74) is 4.17. The lowest BCUT2D eigenvalue weighted by atomic mass is 10.1. The summed E-state index contributed by atoms with van der Waals surface area (Å²) in [7, 11) is 1.58. The number of halogens is 1. The van der Waals surface area contributed by atoms with Crippen LogP contribution in [0.2, 0.25) is 0 Å². The van der Waals surface area contributed by atoms with Crippen LogP contribution < -0.4 is 9.47 Å². The SMILES string of the molecule is COc1cc(/C=C2/SC(=O)N(CCCc3ccccc3)C2=O)c(Br)cc1OCc1ccc(C)cc1. The molecule has 0 atom stereocenters. The fourth-order valence-electron chi connectivity index (χ4n) is 3.70. The number of ether oxygens (including phenoxy) is 2. The van der Waals surface area contributed by atoms with Gasteiger partial charge in [0.15, 0.2) is 11.5 Å². The van der Waals surface area contributed by atoms with E-state index in [1.54, 1.807) is 19.3 Å². The van der Waals surface area contributed by atoms with Crippen molar-refractivity contribution in [3.05, 3.63) is 98.4 Å². The zero-order valence-corrected chi connectivity index (χ0v) is 22.0. The molecule has 5 nitrogen and oxygen atoms in total. The van der Waals surface area contributed by atoms with Crippen LogP contribution in [0.3, 0.4) is 0 Å². The molecule has 2 amide bonds. The highest BCUT2D eigenvalue weighted by atomic mass is 79.9. The molecule has 1 fully saturated rings.